The number of fused-ring (bicyclic) bond motifs is 1. The third kappa shape index (κ3) is 2.24. The second-order valence-corrected chi connectivity index (χ2v) is 6.45. The molecule has 0 fully saturated rings. The third-order valence-corrected chi connectivity index (χ3v) is 4.82. The smallest absolute Gasteiger partial charge is 0.267 e. The van der Waals surface area contributed by atoms with Crippen LogP contribution in [0.1, 0.15) is 5.56 Å². The predicted molar refractivity (Wildman–Crippen MR) is 76.0 cm³/mol. The molecule has 1 atom stereocenters. The molecule has 0 radical (unpaired) electrons. The zero-order valence-corrected chi connectivity index (χ0v) is 11.9. The molecule has 1 aliphatic rings. The van der Waals surface area contributed by atoms with Crippen molar-refractivity contribution >= 4 is 27.7 Å². The van der Waals surface area contributed by atoms with E-state index in [1.54, 1.807) is 10.9 Å². The molecule has 0 bridgehead atoms. The quantitative estimate of drug-likeness (QED) is 0.852. The highest BCUT2D eigenvalue weighted by atomic mass is 79.9. The van der Waals surface area contributed by atoms with Gasteiger partial charge in [-0.25, -0.2) is 4.98 Å². The van der Waals surface area contributed by atoms with Crippen molar-refractivity contribution in [2.24, 2.45) is 0 Å². The van der Waals surface area contributed by atoms with Gasteiger partial charge in [-0.05, 0) is 34.0 Å². The van der Waals surface area contributed by atoms with E-state index in [1.165, 1.54) is 16.7 Å². The van der Waals surface area contributed by atoms with Gasteiger partial charge in [0.05, 0.1) is 6.33 Å². The van der Waals surface area contributed by atoms with Crippen molar-refractivity contribution in [2.75, 3.05) is 0 Å². The van der Waals surface area contributed by atoms with Crippen LogP contribution in [0.3, 0.4) is 0 Å². The number of aromatic nitrogens is 2. The maximum Gasteiger partial charge on any atom is 0.267 e. The van der Waals surface area contributed by atoms with Crippen molar-refractivity contribution in [3.63, 3.8) is 0 Å². The van der Waals surface area contributed by atoms with E-state index in [0.717, 1.165) is 6.42 Å². The van der Waals surface area contributed by atoms with Crippen LogP contribution >= 0.6 is 27.7 Å². The normalized spacial score (nSPS) is 17.7. The predicted octanol–water partition coefficient (Wildman–Crippen LogP) is 2.72. The summed E-state index contributed by atoms with van der Waals surface area (Å²) in [6, 6.07) is 8.42. The average Bonchev–Trinajstić information content (AvgIpc) is 2.77. The first-order valence-corrected chi connectivity index (χ1v) is 7.36. The lowest BCUT2D eigenvalue weighted by molar-refractivity contribution is 0.627. The molecule has 18 heavy (non-hydrogen) atoms. The monoisotopic (exact) mass is 322 g/mol. The molecular weight excluding hydrogens is 312 g/mol. The standard InChI is InChI=1S/C13H11BrN2OS/c14-11-6-15-8-16(13(11)17)7-10-5-9-3-1-2-4-12(9)18-10/h1-4,6,8,10H,5,7H2. The van der Waals surface area contributed by atoms with Gasteiger partial charge in [0.1, 0.15) is 4.47 Å². The first kappa shape index (κ1) is 12.0. The Hall–Kier alpha value is -1.07. The van der Waals surface area contributed by atoms with Crippen LogP contribution in [-0.2, 0) is 13.0 Å². The second kappa shape index (κ2) is 4.90. The van der Waals surface area contributed by atoms with Gasteiger partial charge in [0, 0.05) is 22.9 Å². The van der Waals surface area contributed by atoms with Gasteiger partial charge < -0.3 is 0 Å². The molecule has 0 N–H and O–H groups in total. The Balaban J connectivity index is 1.80. The van der Waals surface area contributed by atoms with Crippen LogP contribution in [0.4, 0.5) is 0 Å². The van der Waals surface area contributed by atoms with E-state index in [9.17, 15) is 4.79 Å². The van der Waals surface area contributed by atoms with Crippen LogP contribution in [0, 0.1) is 0 Å². The summed E-state index contributed by atoms with van der Waals surface area (Å²) in [6.45, 7) is 0.699. The van der Waals surface area contributed by atoms with Gasteiger partial charge in [-0.3, -0.25) is 9.36 Å². The molecule has 1 unspecified atom stereocenters. The van der Waals surface area contributed by atoms with Gasteiger partial charge in [0.2, 0.25) is 0 Å². The van der Waals surface area contributed by atoms with Gasteiger partial charge in [-0.2, -0.15) is 0 Å². The highest BCUT2D eigenvalue weighted by molar-refractivity contribution is 9.10. The lowest BCUT2D eigenvalue weighted by Crippen LogP contribution is -2.25. The van der Waals surface area contributed by atoms with Crippen LogP contribution < -0.4 is 5.56 Å². The van der Waals surface area contributed by atoms with Gasteiger partial charge in [-0.1, -0.05) is 18.2 Å². The zero-order valence-electron chi connectivity index (χ0n) is 9.54. The summed E-state index contributed by atoms with van der Waals surface area (Å²) in [6.07, 6.45) is 4.16. The van der Waals surface area contributed by atoms with Crippen LogP contribution in [0.2, 0.25) is 0 Å². The van der Waals surface area contributed by atoms with Crippen molar-refractivity contribution in [3.05, 3.63) is 57.2 Å². The van der Waals surface area contributed by atoms with E-state index in [1.807, 2.05) is 11.8 Å². The fourth-order valence-corrected chi connectivity index (χ4v) is 3.79. The van der Waals surface area contributed by atoms with Gasteiger partial charge in [0.15, 0.2) is 0 Å². The molecule has 0 amide bonds. The van der Waals surface area contributed by atoms with Crippen molar-refractivity contribution in [2.45, 2.75) is 23.1 Å². The van der Waals surface area contributed by atoms with Crippen molar-refractivity contribution in [1.29, 1.82) is 0 Å². The number of hydrogen-bond acceptors (Lipinski definition) is 3. The topological polar surface area (TPSA) is 34.9 Å². The SMILES string of the molecule is O=c1c(Br)cncn1CC1Cc2ccccc2S1. The van der Waals surface area contributed by atoms with Crippen LogP contribution in [0.25, 0.3) is 0 Å². The largest absolute Gasteiger partial charge is 0.297 e. The summed E-state index contributed by atoms with van der Waals surface area (Å²) in [4.78, 5) is 17.3. The van der Waals surface area contributed by atoms with Crippen LogP contribution in [-0.4, -0.2) is 14.8 Å². The molecule has 1 aliphatic heterocycles. The van der Waals surface area contributed by atoms with Gasteiger partial charge in [-0.15, -0.1) is 11.8 Å². The first-order valence-electron chi connectivity index (χ1n) is 5.68. The minimum absolute atomic E-state index is 0.0124. The van der Waals surface area contributed by atoms with Crippen molar-refractivity contribution in [1.82, 2.24) is 9.55 Å². The summed E-state index contributed by atoms with van der Waals surface area (Å²) in [5, 5.41) is 0.413. The number of benzene rings is 1. The number of rotatable bonds is 2. The molecule has 0 saturated carbocycles. The highest BCUT2D eigenvalue weighted by Gasteiger charge is 2.22. The Kier molecular flexibility index (Phi) is 3.26. The Labute approximate surface area is 117 Å². The lowest BCUT2D eigenvalue weighted by Gasteiger charge is -2.10. The lowest BCUT2D eigenvalue weighted by atomic mass is 10.1. The van der Waals surface area contributed by atoms with E-state index in [2.05, 4.69) is 45.2 Å². The maximum atomic E-state index is 11.9. The molecule has 3 nitrogen and oxygen atoms in total. The molecule has 3 rings (SSSR count). The highest BCUT2D eigenvalue weighted by Crippen LogP contribution is 2.37. The molecule has 1 aromatic carbocycles. The van der Waals surface area contributed by atoms with E-state index in [4.69, 9.17) is 0 Å². The Morgan fingerprint density at radius 2 is 2.28 bits per heavy atom. The van der Waals surface area contributed by atoms with E-state index >= 15 is 0 Å². The molecule has 0 aliphatic carbocycles. The van der Waals surface area contributed by atoms with E-state index in [0.29, 0.717) is 16.3 Å². The molecular formula is C13H11BrN2OS. The summed E-state index contributed by atoms with van der Waals surface area (Å²) in [5.74, 6) is 0. The summed E-state index contributed by atoms with van der Waals surface area (Å²) in [7, 11) is 0. The first-order chi connectivity index (χ1) is 8.74. The minimum Gasteiger partial charge on any atom is -0.297 e. The maximum absolute atomic E-state index is 11.9. The number of hydrogen-bond donors (Lipinski definition) is 0. The zero-order chi connectivity index (χ0) is 12.5. The molecule has 1 aromatic heterocycles. The Morgan fingerprint density at radius 1 is 1.44 bits per heavy atom. The molecule has 2 aromatic rings. The Bertz CT molecular complexity index is 616. The third-order valence-electron chi connectivity index (χ3n) is 2.97. The number of halogens is 1. The molecule has 0 saturated heterocycles. The van der Waals surface area contributed by atoms with Gasteiger partial charge in [0.25, 0.3) is 5.56 Å². The summed E-state index contributed by atoms with van der Waals surface area (Å²) in [5.41, 5.74) is 1.37. The molecule has 0 spiro atoms. The average molecular weight is 323 g/mol. The van der Waals surface area contributed by atoms with Crippen LogP contribution in [0.5, 0.6) is 0 Å². The summed E-state index contributed by atoms with van der Waals surface area (Å²) >= 11 is 5.06. The van der Waals surface area contributed by atoms with E-state index < -0.39 is 0 Å². The van der Waals surface area contributed by atoms with Crippen LogP contribution in [0.15, 0.2) is 51.0 Å². The van der Waals surface area contributed by atoms with Crippen molar-refractivity contribution < 1.29 is 0 Å². The molecule has 5 heteroatoms. The van der Waals surface area contributed by atoms with Gasteiger partial charge >= 0.3 is 0 Å². The fraction of sp³-hybridized carbons (Fsp3) is 0.231. The second-order valence-electron chi connectivity index (χ2n) is 4.25. The molecule has 2 heterocycles. The number of nitrogens with zero attached hydrogens (tertiary/aromatic N) is 2. The summed E-state index contributed by atoms with van der Waals surface area (Å²) < 4.78 is 2.19. The minimum atomic E-state index is -0.0124. The van der Waals surface area contributed by atoms with Crippen molar-refractivity contribution in [3.8, 4) is 0 Å². The fourth-order valence-electron chi connectivity index (χ4n) is 2.13. The van der Waals surface area contributed by atoms with E-state index in [-0.39, 0.29) is 5.56 Å². The number of thioether (sulfide) groups is 1. The molecule has 92 valence electrons. The Morgan fingerprint density at radius 3 is 3.11 bits per heavy atom.